The van der Waals surface area contributed by atoms with Gasteiger partial charge in [0.2, 0.25) is 5.91 Å². The molecule has 4 rings (SSSR count). The van der Waals surface area contributed by atoms with Crippen LogP contribution in [-0.2, 0) is 24.1 Å². The van der Waals surface area contributed by atoms with Gasteiger partial charge in [0, 0.05) is 17.5 Å². The fraction of sp³-hybridized carbons (Fsp3) is 0.273. The summed E-state index contributed by atoms with van der Waals surface area (Å²) in [4.78, 5) is 18.1. The average molecular weight is 378 g/mol. The van der Waals surface area contributed by atoms with E-state index < -0.39 is 0 Å². The first kappa shape index (κ1) is 17.7. The van der Waals surface area contributed by atoms with Gasteiger partial charge in [-0.2, -0.15) is 0 Å². The van der Waals surface area contributed by atoms with Crippen LogP contribution in [0.5, 0.6) is 5.75 Å². The lowest BCUT2D eigenvalue weighted by Gasteiger charge is -2.24. The standard InChI is InChI=1S/C22H22N2O2S/c1-2-15-7-9-16(10-8-15)11-19-13-23-22(27-19)24-21(25)18-12-17-5-3-4-6-20(17)26-14-18/h3-10,13,18H,2,11-12,14H2,1H3,(H,23,24,25)/t18-/m1/s1. The average Bonchev–Trinajstić information content (AvgIpc) is 3.15. The van der Waals surface area contributed by atoms with E-state index in [1.54, 1.807) is 0 Å². The zero-order valence-electron chi connectivity index (χ0n) is 15.3. The number of aromatic nitrogens is 1. The molecule has 138 valence electrons. The summed E-state index contributed by atoms with van der Waals surface area (Å²) in [6, 6.07) is 16.5. The van der Waals surface area contributed by atoms with Crippen molar-refractivity contribution in [3.63, 3.8) is 0 Å². The second-order valence-corrected chi connectivity index (χ2v) is 7.90. The van der Waals surface area contributed by atoms with Crippen LogP contribution in [0.2, 0.25) is 0 Å². The molecule has 0 radical (unpaired) electrons. The van der Waals surface area contributed by atoms with Gasteiger partial charge in [0.1, 0.15) is 12.4 Å². The summed E-state index contributed by atoms with van der Waals surface area (Å²) in [7, 11) is 0. The Morgan fingerprint density at radius 3 is 2.78 bits per heavy atom. The molecule has 1 aliphatic rings. The van der Waals surface area contributed by atoms with Crippen LogP contribution in [0.15, 0.2) is 54.7 Å². The topological polar surface area (TPSA) is 51.2 Å². The van der Waals surface area contributed by atoms with Crippen molar-refractivity contribution in [1.82, 2.24) is 4.98 Å². The highest BCUT2D eigenvalue weighted by Crippen LogP contribution is 2.28. The van der Waals surface area contributed by atoms with Crippen molar-refractivity contribution < 1.29 is 9.53 Å². The van der Waals surface area contributed by atoms with Crippen molar-refractivity contribution in [2.24, 2.45) is 5.92 Å². The molecule has 0 unspecified atom stereocenters. The lowest BCUT2D eigenvalue weighted by atomic mass is 9.96. The van der Waals surface area contributed by atoms with Crippen molar-refractivity contribution in [3.05, 3.63) is 76.3 Å². The third-order valence-corrected chi connectivity index (χ3v) is 5.76. The molecule has 0 fully saturated rings. The van der Waals surface area contributed by atoms with Crippen LogP contribution in [0.25, 0.3) is 0 Å². The van der Waals surface area contributed by atoms with E-state index in [9.17, 15) is 4.79 Å². The highest BCUT2D eigenvalue weighted by Gasteiger charge is 2.26. The fourth-order valence-corrected chi connectivity index (χ4v) is 4.09. The number of nitrogens with one attached hydrogen (secondary N) is 1. The van der Waals surface area contributed by atoms with E-state index in [1.807, 2.05) is 30.5 Å². The summed E-state index contributed by atoms with van der Waals surface area (Å²) in [5.74, 6) is 0.665. The quantitative estimate of drug-likeness (QED) is 0.712. The molecule has 0 bridgehead atoms. The molecule has 5 heteroatoms. The van der Waals surface area contributed by atoms with Crippen LogP contribution in [0.4, 0.5) is 5.13 Å². The SMILES string of the molecule is CCc1ccc(Cc2cnc(NC(=O)[C@H]3COc4ccccc4C3)s2)cc1. The molecule has 1 atom stereocenters. The zero-order chi connectivity index (χ0) is 18.6. The van der Waals surface area contributed by atoms with Gasteiger partial charge in [0.25, 0.3) is 0 Å². The van der Waals surface area contributed by atoms with Crippen LogP contribution >= 0.6 is 11.3 Å². The Kier molecular flexibility index (Phi) is 5.21. The first-order valence-electron chi connectivity index (χ1n) is 9.25. The largest absolute Gasteiger partial charge is 0.492 e. The predicted octanol–water partition coefficient (Wildman–Crippen LogP) is 4.49. The van der Waals surface area contributed by atoms with E-state index in [2.05, 4.69) is 41.5 Å². The number of ether oxygens (including phenoxy) is 1. The summed E-state index contributed by atoms with van der Waals surface area (Å²) in [6.07, 6.45) is 4.43. The highest BCUT2D eigenvalue weighted by atomic mass is 32.1. The molecule has 1 aromatic heterocycles. The lowest BCUT2D eigenvalue weighted by molar-refractivity contribution is -0.121. The van der Waals surface area contributed by atoms with Crippen LogP contribution in [0.3, 0.4) is 0 Å². The number of nitrogens with zero attached hydrogens (tertiary/aromatic N) is 1. The number of rotatable bonds is 5. The van der Waals surface area contributed by atoms with E-state index in [1.165, 1.54) is 22.5 Å². The fourth-order valence-electron chi connectivity index (χ4n) is 3.24. The molecule has 0 spiro atoms. The molecule has 2 aromatic carbocycles. The molecule has 0 aliphatic carbocycles. The molecule has 4 nitrogen and oxygen atoms in total. The van der Waals surface area contributed by atoms with Crippen LogP contribution < -0.4 is 10.1 Å². The van der Waals surface area contributed by atoms with Crippen molar-refractivity contribution in [2.45, 2.75) is 26.2 Å². The van der Waals surface area contributed by atoms with Gasteiger partial charge in [-0.1, -0.05) is 49.4 Å². The number of hydrogen-bond acceptors (Lipinski definition) is 4. The van der Waals surface area contributed by atoms with Crippen molar-refractivity contribution in [3.8, 4) is 5.75 Å². The van der Waals surface area contributed by atoms with Crippen LogP contribution in [-0.4, -0.2) is 17.5 Å². The molecule has 1 amide bonds. The number of para-hydroxylation sites is 1. The Bertz CT molecular complexity index is 933. The summed E-state index contributed by atoms with van der Waals surface area (Å²) in [5.41, 5.74) is 3.68. The second-order valence-electron chi connectivity index (χ2n) is 6.79. The lowest BCUT2D eigenvalue weighted by Crippen LogP contribution is -2.32. The summed E-state index contributed by atoms with van der Waals surface area (Å²) in [6.45, 7) is 2.56. The van der Waals surface area contributed by atoms with Crippen molar-refractivity contribution in [1.29, 1.82) is 0 Å². The number of carbonyl (C=O) groups is 1. The monoisotopic (exact) mass is 378 g/mol. The Hall–Kier alpha value is -2.66. The minimum absolute atomic E-state index is 0.0299. The number of amides is 1. The van der Waals surface area contributed by atoms with E-state index in [-0.39, 0.29) is 11.8 Å². The maximum absolute atomic E-state index is 12.6. The molecular formula is C22H22N2O2S. The highest BCUT2D eigenvalue weighted by molar-refractivity contribution is 7.15. The van der Waals surface area contributed by atoms with Gasteiger partial charge in [-0.15, -0.1) is 11.3 Å². The van der Waals surface area contributed by atoms with Gasteiger partial charge in [-0.3, -0.25) is 4.79 Å². The third kappa shape index (κ3) is 4.19. The molecule has 0 saturated heterocycles. The van der Waals surface area contributed by atoms with Gasteiger partial charge in [0.05, 0.1) is 5.92 Å². The molecule has 27 heavy (non-hydrogen) atoms. The number of carbonyl (C=O) groups excluding carboxylic acids is 1. The first-order chi connectivity index (χ1) is 13.2. The van der Waals surface area contributed by atoms with Gasteiger partial charge in [0.15, 0.2) is 5.13 Å². The normalized spacial score (nSPS) is 15.7. The van der Waals surface area contributed by atoms with Gasteiger partial charge >= 0.3 is 0 Å². The Labute approximate surface area is 163 Å². The Morgan fingerprint density at radius 1 is 1.19 bits per heavy atom. The van der Waals surface area contributed by atoms with Gasteiger partial charge < -0.3 is 10.1 Å². The third-order valence-electron chi connectivity index (χ3n) is 4.84. The van der Waals surface area contributed by atoms with Crippen molar-refractivity contribution >= 4 is 22.4 Å². The molecule has 1 N–H and O–H groups in total. The molecular weight excluding hydrogens is 356 g/mol. The molecule has 1 aliphatic heterocycles. The van der Waals surface area contributed by atoms with Gasteiger partial charge in [-0.05, 0) is 35.6 Å². The maximum atomic E-state index is 12.6. The summed E-state index contributed by atoms with van der Waals surface area (Å²) >= 11 is 1.53. The number of hydrogen-bond donors (Lipinski definition) is 1. The van der Waals surface area contributed by atoms with E-state index in [4.69, 9.17) is 4.74 Å². The first-order valence-corrected chi connectivity index (χ1v) is 10.1. The Morgan fingerprint density at radius 2 is 1.96 bits per heavy atom. The second kappa shape index (κ2) is 7.92. The minimum atomic E-state index is -0.186. The van der Waals surface area contributed by atoms with E-state index in [0.29, 0.717) is 18.2 Å². The van der Waals surface area contributed by atoms with Crippen LogP contribution in [0.1, 0.15) is 28.5 Å². The van der Waals surface area contributed by atoms with E-state index in [0.717, 1.165) is 29.0 Å². The number of benzene rings is 2. The predicted molar refractivity (Wildman–Crippen MR) is 109 cm³/mol. The Balaban J connectivity index is 1.37. The maximum Gasteiger partial charge on any atom is 0.233 e. The summed E-state index contributed by atoms with van der Waals surface area (Å²) in [5, 5.41) is 3.61. The molecule has 3 aromatic rings. The smallest absolute Gasteiger partial charge is 0.233 e. The number of fused-ring (bicyclic) bond motifs is 1. The van der Waals surface area contributed by atoms with E-state index >= 15 is 0 Å². The number of anilines is 1. The number of thiazole rings is 1. The zero-order valence-corrected chi connectivity index (χ0v) is 16.1. The summed E-state index contributed by atoms with van der Waals surface area (Å²) < 4.78 is 5.72. The molecule has 0 saturated carbocycles. The minimum Gasteiger partial charge on any atom is -0.492 e. The number of aryl methyl sites for hydroxylation is 1. The molecule has 2 heterocycles. The van der Waals surface area contributed by atoms with Gasteiger partial charge in [-0.25, -0.2) is 4.98 Å². The van der Waals surface area contributed by atoms with Crippen LogP contribution in [0, 0.1) is 5.92 Å². The van der Waals surface area contributed by atoms with Crippen molar-refractivity contribution in [2.75, 3.05) is 11.9 Å².